The number of piperazine rings is 1. The van der Waals surface area contributed by atoms with Gasteiger partial charge in [-0.1, -0.05) is 11.6 Å². The lowest BCUT2D eigenvalue weighted by Crippen LogP contribution is -2.50. The average molecular weight is 373 g/mol. The summed E-state index contributed by atoms with van der Waals surface area (Å²) in [5.41, 5.74) is 0. The predicted molar refractivity (Wildman–Crippen MR) is 84.8 cm³/mol. The Kier molecular flexibility index (Phi) is 4.62. The van der Waals surface area contributed by atoms with Crippen molar-refractivity contribution < 1.29 is 22.0 Å². The van der Waals surface area contributed by atoms with Gasteiger partial charge in [0.25, 0.3) is 5.91 Å². The molecule has 0 radical (unpaired) electrons. The number of benzene rings is 1. The monoisotopic (exact) mass is 372 g/mol. The van der Waals surface area contributed by atoms with Crippen LogP contribution in [0.5, 0.6) is 0 Å². The van der Waals surface area contributed by atoms with Gasteiger partial charge in [-0.2, -0.15) is 4.31 Å². The highest BCUT2D eigenvalue weighted by atomic mass is 35.5. The van der Waals surface area contributed by atoms with E-state index in [1.54, 1.807) is 12.1 Å². The van der Waals surface area contributed by atoms with Crippen molar-refractivity contribution in [1.29, 1.82) is 0 Å². The molecule has 24 heavy (non-hydrogen) atoms. The van der Waals surface area contributed by atoms with E-state index >= 15 is 0 Å². The van der Waals surface area contributed by atoms with E-state index in [-0.39, 0.29) is 47.8 Å². The van der Waals surface area contributed by atoms with Gasteiger partial charge in [0.2, 0.25) is 10.0 Å². The van der Waals surface area contributed by atoms with E-state index in [2.05, 4.69) is 0 Å². The fourth-order valence-electron chi connectivity index (χ4n) is 2.47. The maximum atomic E-state index is 13.2. The summed E-state index contributed by atoms with van der Waals surface area (Å²) in [6.45, 7) is 0.773. The van der Waals surface area contributed by atoms with Gasteiger partial charge in [-0.05, 0) is 30.3 Å². The molecule has 2 aromatic rings. The van der Waals surface area contributed by atoms with Crippen LogP contribution in [0, 0.1) is 5.82 Å². The van der Waals surface area contributed by atoms with Crippen molar-refractivity contribution in [2.24, 2.45) is 0 Å². The quantitative estimate of drug-likeness (QED) is 0.828. The SMILES string of the molecule is O=C(c1ccco1)N1CCN(S(=O)(=O)c2ccc(F)c(Cl)c2)CC1. The number of carbonyl (C=O) groups excluding carboxylic acids is 1. The summed E-state index contributed by atoms with van der Waals surface area (Å²) >= 11 is 5.66. The van der Waals surface area contributed by atoms with E-state index in [1.807, 2.05) is 0 Å². The van der Waals surface area contributed by atoms with Crippen LogP contribution in [0.15, 0.2) is 45.9 Å². The first kappa shape index (κ1) is 16.9. The lowest BCUT2D eigenvalue weighted by atomic mass is 10.3. The molecule has 1 aromatic heterocycles. The summed E-state index contributed by atoms with van der Waals surface area (Å²) in [6.07, 6.45) is 1.41. The molecular formula is C15H14ClFN2O4S. The van der Waals surface area contributed by atoms with E-state index < -0.39 is 15.8 Å². The van der Waals surface area contributed by atoms with Crippen molar-refractivity contribution in [2.45, 2.75) is 4.90 Å². The fraction of sp³-hybridized carbons (Fsp3) is 0.267. The van der Waals surface area contributed by atoms with Crippen LogP contribution < -0.4 is 0 Å². The van der Waals surface area contributed by atoms with Gasteiger partial charge in [0.05, 0.1) is 16.2 Å². The molecular weight excluding hydrogens is 359 g/mol. The number of amides is 1. The predicted octanol–water partition coefficient (Wildman–Crippen LogP) is 2.22. The van der Waals surface area contributed by atoms with Crippen LogP contribution in [0.25, 0.3) is 0 Å². The molecule has 6 nitrogen and oxygen atoms in total. The molecule has 0 saturated carbocycles. The third kappa shape index (κ3) is 3.17. The number of sulfonamides is 1. The number of nitrogens with zero attached hydrogens (tertiary/aromatic N) is 2. The van der Waals surface area contributed by atoms with Crippen LogP contribution >= 0.6 is 11.6 Å². The smallest absolute Gasteiger partial charge is 0.289 e. The molecule has 0 spiro atoms. The maximum absolute atomic E-state index is 13.2. The second-order valence-corrected chi connectivity index (χ2v) is 7.59. The second kappa shape index (κ2) is 6.54. The summed E-state index contributed by atoms with van der Waals surface area (Å²) < 4.78 is 44.7. The average Bonchev–Trinajstić information content (AvgIpc) is 3.11. The molecule has 1 aliphatic rings. The summed E-state index contributed by atoms with van der Waals surface area (Å²) in [5.74, 6) is -0.733. The molecule has 1 amide bonds. The van der Waals surface area contributed by atoms with Crippen molar-refractivity contribution in [3.8, 4) is 0 Å². The minimum Gasteiger partial charge on any atom is -0.459 e. The van der Waals surface area contributed by atoms with Crippen LogP contribution in [-0.2, 0) is 10.0 Å². The van der Waals surface area contributed by atoms with Gasteiger partial charge in [-0.25, -0.2) is 12.8 Å². The number of carbonyl (C=O) groups is 1. The van der Waals surface area contributed by atoms with Gasteiger partial charge in [0, 0.05) is 26.2 Å². The van der Waals surface area contributed by atoms with Gasteiger partial charge >= 0.3 is 0 Å². The third-order valence-corrected chi connectivity index (χ3v) is 5.97. The number of halogens is 2. The molecule has 0 atom stereocenters. The molecule has 0 bridgehead atoms. The second-order valence-electron chi connectivity index (χ2n) is 5.25. The normalized spacial score (nSPS) is 16.3. The van der Waals surface area contributed by atoms with E-state index in [4.69, 9.17) is 16.0 Å². The van der Waals surface area contributed by atoms with Crippen LogP contribution in [-0.4, -0.2) is 49.7 Å². The Hall–Kier alpha value is -1.90. The highest BCUT2D eigenvalue weighted by molar-refractivity contribution is 7.89. The maximum Gasteiger partial charge on any atom is 0.289 e. The molecule has 0 N–H and O–H groups in total. The minimum atomic E-state index is -3.78. The van der Waals surface area contributed by atoms with Crippen LogP contribution in [0.4, 0.5) is 4.39 Å². The highest BCUT2D eigenvalue weighted by Crippen LogP contribution is 2.23. The highest BCUT2D eigenvalue weighted by Gasteiger charge is 2.31. The molecule has 9 heteroatoms. The zero-order valence-electron chi connectivity index (χ0n) is 12.5. The largest absolute Gasteiger partial charge is 0.459 e. The third-order valence-electron chi connectivity index (χ3n) is 3.79. The number of hydrogen-bond donors (Lipinski definition) is 0. The molecule has 1 aromatic carbocycles. The Labute approximate surface area is 143 Å². The van der Waals surface area contributed by atoms with Crippen molar-refractivity contribution in [3.63, 3.8) is 0 Å². The van der Waals surface area contributed by atoms with Gasteiger partial charge in [-0.3, -0.25) is 4.79 Å². The number of hydrogen-bond acceptors (Lipinski definition) is 4. The Balaban J connectivity index is 1.71. The lowest BCUT2D eigenvalue weighted by Gasteiger charge is -2.33. The first-order valence-corrected chi connectivity index (χ1v) is 8.99. The molecule has 0 aliphatic carbocycles. The number of rotatable bonds is 3. The molecule has 1 fully saturated rings. The lowest BCUT2D eigenvalue weighted by molar-refractivity contribution is 0.0666. The van der Waals surface area contributed by atoms with Crippen LogP contribution in [0.1, 0.15) is 10.6 Å². The van der Waals surface area contributed by atoms with Gasteiger partial charge < -0.3 is 9.32 Å². The zero-order chi connectivity index (χ0) is 17.3. The number of furan rings is 1. The molecule has 1 saturated heterocycles. The van der Waals surface area contributed by atoms with E-state index in [1.165, 1.54) is 21.5 Å². The first-order valence-electron chi connectivity index (χ1n) is 7.17. The molecule has 3 rings (SSSR count). The van der Waals surface area contributed by atoms with Crippen molar-refractivity contribution in [1.82, 2.24) is 9.21 Å². The minimum absolute atomic E-state index is 0.0697. The Morgan fingerprint density at radius 3 is 2.46 bits per heavy atom. The van der Waals surface area contributed by atoms with Crippen LogP contribution in [0.3, 0.4) is 0 Å². The van der Waals surface area contributed by atoms with E-state index in [9.17, 15) is 17.6 Å². The molecule has 2 heterocycles. The zero-order valence-corrected chi connectivity index (χ0v) is 14.1. The van der Waals surface area contributed by atoms with Crippen molar-refractivity contribution in [2.75, 3.05) is 26.2 Å². The van der Waals surface area contributed by atoms with Gasteiger partial charge in [-0.15, -0.1) is 0 Å². The summed E-state index contributed by atoms with van der Waals surface area (Å²) in [5, 5.41) is -0.247. The summed E-state index contributed by atoms with van der Waals surface area (Å²) in [6, 6.07) is 6.47. The molecule has 0 unspecified atom stereocenters. The van der Waals surface area contributed by atoms with Crippen molar-refractivity contribution in [3.05, 3.63) is 53.2 Å². The Morgan fingerprint density at radius 1 is 1.17 bits per heavy atom. The van der Waals surface area contributed by atoms with E-state index in [0.29, 0.717) is 0 Å². The standard InChI is InChI=1S/C15H14ClFN2O4S/c16-12-10-11(3-4-13(12)17)24(21,22)19-7-5-18(6-8-19)15(20)14-2-1-9-23-14/h1-4,9-10H,5-8H2. The Bertz CT molecular complexity index is 846. The molecule has 128 valence electrons. The van der Waals surface area contributed by atoms with E-state index in [0.717, 1.165) is 12.1 Å². The first-order chi connectivity index (χ1) is 11.4. The van der Waals surface area contributed by atoms with Crippen molar-refractivity contribution >= 4 is 27.5 Å². The summed E-state index contributed by atoms with van der Waals surface area (Å²) in [7, 11) is -3.78. The summed E-state index contributed by atoms with van der Waals surface area (Å²) in [4.78, 5) is 13.6. The fourth-order valence-corrected chi connectivity index (χ4v) is 4.17. The van der Waals surface area contributed by atoms with Crippen LogP contribution in [0.2, 0.25) is 5.02 Å². The van der Waals surface area contributed by atoms with Gasteiger partial charge in [0.15, 0.2) is 5.76 Å². The van der Waals surface area contributed by atoms with Gasteiger partial charge in [0.1, 0.15) is 5.82 Å². The topological polar surface area (TPSA) is 70.8 Å². The Morgan fingerprint density at radius 2 is 1.88 bits per heavy atom. The molecule has 1 aliphatic heterocycles.